The first-order chi connectivity index (χ1) is 9.77. The van der Waals surface area contributed by atoms with Gasteiger partial charge in [0.1, 0.15) is 5.82 Å². The number of methoxy groups -OCH3 is 1. The second-order valence-electron chi connectivity index (χ2n) is 6.38. The van der Waals surface area contributed by atoms with Crippen LogP contribution < -0.4 is 10.6 Å². The molecule has 1 fully saturated rings. The van der Waals surface area contributed by atoms with E-state index in [1.807, 2.05) is 0 Å². The summed E-state index contributed by atoms with van der Waals surface area (Å²) in [5.74, 6) is -0.0247. The zero-order valence-corrected chi connectivity index (χ0v) is 13.2. The van der Waals surface area contributed by atoms with E-state index in [0.29, 0.717) is 11.3 Å². The Morgan fingerprint density at radius 1 is 1.38 bits per heavy atom. The van der Waals surface area contributed by atoms with Crippen molar-refractivity contribution in [2.24, 2.45) is 11.3 Å². The maximum absolute atomic E-state index is 13.2. The standard InChI is InChI=1S/C16H23FN2O2/c1-9-8-11(6-7-12(9)17)18-15(20)19-13-10(2)14(21-5)16(13,3)4/h6-8,10,13-14H,1-5H3,(H2,18,19,20)/t10-,13-,14-/m1/s1. The number of aryl methyl sites for hydroxylation is 1. The predicted octanol–water partition coefficient (Wildman–Crippen LogP) is 3.32. The first-order valence-corrected chi connectivity index (χ1v) is 7.14. The summed E-state index contributed by atoms with van der Waals surface area (Å²) in [6, 6.07) is 4.28. The van der Waals surface area contributed by atoms with E-state index >= 15 is 0 Å². The van der Waals surface area contributed by atoms with Gasteiger partial charge in [-0.2, -0.15) is 0 Å². The molecule has 0 radical (unpaired) electrons. The number of halogens is 1. The van der Waals surface area contributed by atoms with Crippen LogP contribution >= 0.6 is 0 Å². The Balaban J connectivity index is 1.98. The highest BCUT2D eigenvalue weighted by atomic mass is 19.1. The zero-order chi connectivity index (χ0) is 15.8. The number of ether oxygens (including phenoxy) is 1. The molecule has 1 aromatic carbocycles. The molecule has 1 aliphatic carbocycles. The van der Waals surface area contributed by atoms with Gasteiger partial charge in [-0.15, -0.1) is 0 Å². The van der Waals surface area contributed by atoms with Crippen LogP contribution in [0.4, 0.5) is 14.9 Å². The van der Waals surface area contributed by atoms with Crippen molar-refractivity contribution >= 4 is 11.7 Å². The molecule has 2 amide bonds. The van der Waals surface area contributed by atoms with Crippen LogP contribution in [0.2, 0.25) is 0 Å². The SMILES string of the molecule is CO[C@@H]1[C@H](C)[C@@H](NC(=O)Nc2ccc(F)c(C)c2)C1(C)C. The average Bonchev–Trinajstić information content (AvgIpc) is 2.40. The third-order valence-corrected chi connectivity index (χ3v) is 4.49. The Labute approximate surface area is 125 Å². The number of nitrogens with one attached hydrogen (secondary N) is 2. The largest absolute Gasteiger partial charge is 0.380 e. The molecule has 0 saturated heterocycles. The van der Waals surface area contributed by atoms with Gasteiger partial charge in [-0.1, -0.05) is 20.8 Å². The monoisotopic (exact) mass is 294 g/mol. The summed E-state index contributed by atoms with van der Waals surface area (Å²) in [6.45, 7) is 7.88. The lowest BCUT2D eigenvalue weighted by atomic mass is 9.58. The van der Waals surface area contributed by atoms with E-state index < -0.39 is 0 Å². The summed E-state index contributed by atoms with van der Waals surface area (Å²) in [5, 5.41) is 5.72. The van der Waals surface area contributed by atoms with Crippen molar-refractivity contribution in [2.45, 2.75) is 39.8 Å². The van der Waals surface area contributed by atoms with E-state index in [-0.39, 0.29) is 35.3 Å². The Kier molecular flexibility index (Phi) is 4.23. The smallest absolute Gasteiger partial charge is 0.319 e. The van der Waals surface area contributed by atoms with E-state index in [4.69, 9.17) is 4.74 Å². The fourth-order valence-corrected chi connectivity index (χ4v) is 3.46. The van der Waals surface area contributed by atoms with Gasteiger partial charge >= 0.3 is 6.03 Å². The predicted molar refractivity (Wildman–Crippen MR) is 80.8 cm³/mol. The molecule has 1 aromatic rings. The number of hydrogen-bond acceptors (Lipinski definition) is 2. The Hall–Kier alpha value is -1.62. The summed E-state index contributed by atoms with van der Waals surface area (Å²) < 4.78 is 18.7. The van der Waals surface area contributed by atoms with Gasteiger partial charge in [0.05, 0.1) is 6.10 Å². The normalized spacial score (nSPS) is 26.9. The van der Waals surface area contributed by atoms with Crippen molar-refractivity contribution in [3.05, 3.63) is 29.6 Å². The van der Waals surface area contributed by atoms with Crippen molar-refractivity contribution in [2.75, 3.05) is 12.4 Å². The van der Waals surface area contributed by atoms with Crippen LogP contribution in [-0.4, -0.2) is 25.3 Å². The van der Waals surface area contributed by atoms with Gasteiger partial charge in [0, 0.05) is 30.2 Å². The first-order valence-electron chi connectivity index (χ1n) is 7.14. The first kappa shape index (κ1) is 15.8. The average molecular weight is 294 g/mol. The Morgan fingerprint density at radius 2 is 2.05 bits per heavy atom. The molecule has 2 rings (SSSR count). The second-order valence-corrected chi connectivity index (χ2v) is 6.38. The zero-order valence-electron chi connectivity index (χ0n) is 13.2. The van der Waals surface area contributed by atoms with E-state index in [2.05, 4.69) is 31.4 Å². The third-order valence-electron chi connectivity index (χ3n) is 4.49. The van der Waals surface area contributed by atoms with Gasteiger partial charge in [-0.25, -0.2) is 9.18 Å². The molecule has 1 saturated carbocycles. The Bertz CT molecular complexity index is 545. The molecule has 0 heterocycles. The van der Waals surface area contributed by atoms with Crippen LogP contribution in [0.1, 0.15) is 26.3 Å². The van der Waals surface area contributed by atoms with Crippen LogP contribution in [0.15, 0.2) is 18.2 Å². The molecular formula is C16H23FN2O2. The number of carbonyl (C=O) groups excluding carboxylic acids is 1. The molecule has 5 heteroatoms. The molecule has 21 heavy (non-hydrogen) atoms. The molecule has 1 aliphatic rings. The second kappa shape index (κ2) is 5.64. The van der Waals surface area contributed by atoms with Crippen LogP contribution in [0.3, 0.4) is 0 Å². The lowest BCUT2D eigenvalue weighted by molar-refractivity contribution is -0.140. The number of anilines is 1. The highest BCUT2D eigenvalue weighted by Gasteiger charge is 2.55. The number of rotatable bonds is 3. The molecular weight excluding hydrogens is 271 g/mol. The molecule has 0 aromatic heterocycles. The summed E-state index contributed by atoms with van der Waals surface area (Å²) in [6.07, 6.45) is 0.135. The van der Waals surface area contributed by atoms with Crippen molar-refractivity contribution in [1.29, 1.82) is 0 Å². The van der Waals surface area contributed by atoms with Crippen LogP contribution in [0.25, 0.3) is 0 Å². The topological polar surface area (TPSA) is 50.4 Å². The number of benzene rings is 1. The number of carbonyl (C=O) groups is 1. The molecule has 3 atom stereocenters. The quantitative estimate of drug-likeness (QED) is 0.898. The molecule has 0 aliphatic heterocycles. The highest BCUT2D eigenvalue weighted by Crippen LogP contribution is 2.46. The van der Waals surface area contributed by atoms with Crippen molar-refractivity contribution in [3.63, 3.8) is 0 Å². The number of amides is 2. The van der Waals surface area contributed by atoms with Crippen LogP contribution in [0.5, 0.6) is 0 Å². The van der Waals surface area contributed by atoms with Gasteiger partial charge in [0.25, 0.3) is 0 Å². The van der Waals surface area contributed by atoms with Crippen molar-refractivity contribution in [1.82, 2.24) is 5.32 Å². The lowest BCUT2D eigenvalue weighted by Crippen LogP contribution is -2.68. The van der Waals surface area contributed by atoms with E-state index in [1.165, 1.54) is 6.07 Å². The summed E-state index contributed by atoms with van der Waals surface area (Å²) in [5.41, 5.74) is 0.980. The minimum absolute atomic E-state index is 0.0454. The third kappa shape index (κ3) is 2.88. The molecule has 0 bridgehead atoms. The minimum atomic E-state index is -0.280. The van der Waals surface area contributed by atoms with Gasteiger partial charge in [-0.05, 0) is 30.7 Å². The molecule has 2 N–H and O–H groups in total. The fraction of sp³-hybridized carbons (Fsp3) is 0.562. The summed E-state index contributed by atoms with van der Waals surface area (Å²) >= 11 is 0. The van der Waals surface area contributed by atoms with Gasteiger partial charge < -0.3 is 15.4 Å². The summed E-state index contributed by atoms with van der Waals surface area (Å²) in [7, 11) is 1.69. The maximum atomic E-state index is 13.2. The maximum Gasteiger partial charge on any atom is 0.319 e. The fourth-order valence-electron chi connectivity index (χ4n) is 3.46. The van der Waals surface area contributed by atoms with Crippen molar-refractivity contribution in [3.8, 4) is 0 Å². The highest BCUT2D eigenvalue weighted by molar-refractivity contribution is 5.89. The molecule has 4 nitrogen and oxygen atoms in total. The minimum Gasteiger partial charge on any atom is -0.380 e. The summed E-state index contributed by atoms with van der Waals surface area (Å²) in [4.78, 5) is 12.1. The van der Waals surface area contributed by atoms with Gasteiger partial charge in [0.15, 0.2) is 0 Å². The number of urea groups is 1. The molecule has 116 valence electrons. The van der Waals surface area contributed by atoms with Crippen molar-refractivity contribution < 1.29 is 13.9 Å². The van der Waals surface area contributed by atoms with Crippen LogP contribution in [0, 0.1) is 24.1 Å². The molecule has 0 spiro atoms. The lowest BCUT2D eigenvalue weighted by Gasteiger charge is -2.56. The molecule has 0 unspecified atom stereocenters. The van der Waals surface area contributed by atoms with Gasteiger partial charge in [0.2, 0.25) is 0 Å². The van der Waals surface area contributed by atoms with E-state index in [1.54, 1.807) is 26.2 Å². The van der Waals surface area contributed by atoms with E-state index in [0.717, 1.165) is 0 Å². The van der Waals surface area contributed by atoms with E-state index in [9.17, 15) is 9.18 Å². The van der Waals surface area contributed by atoms with Crippen LogP contribution in [-0.2, 0) is 4.74 Å². The van der Waals surface area contributed by atoms with Gasteiger partial charge in [-0.3, -0.25) is 0 Å². The Morgan fingerprint density at radius 3 is 2.57 bits per heavy atom. The number of hydrogen-bond donors (Lipinski definition) is 2.